The van der Waals surface area contributed by atoms with Crippen molar-refractivity contribution in [1.29, 1.82) is 0 Å². The molecule has 2 aromatic carbocycles. The van der Waals surface area contributed by atoms with Crippen LogP contribution in [0.5, 0.6) is 0 Å². The number of halogens is 2. The molecule has 0 bridgehead atoms. The minimum Gasteiger partial charge on any atom is -0.330 e. The molecule has 0 heterocycles. The van der Waals surface area contributed by atoms with Crippen molar-refractivity contribution >= 4 is 31.6 Å². The third-order valence-corrected chi connectivity index (χ3v) is 4.89. The second kappa shape index (κ2) is 6.55. The van der Waals surface area contributed by atoms with Crippen LogP contribution >= 0.6 is 15.9 Å². The largest absolute Gasteiger partial charge is 0.330 e. The lowest BCUT2D eigenvalue weighted by Gasteiger charge is -2.11. The molecule has 4 nitrogen and oxygen atoms in total. The molecule has 0 fully saturated rings. The molecule has 0 atom stereocenters. The third kappa shape index (κ3) is 3.81. The molecule has 2 rings (SSSR count). The number of benzene rings is 2. The first-order chi connectivity index (χ1) is 9.94. The van der Waals surface area contributed by atoms with Gasteiger partial charge in [0.15, 0.2) is 0 Å². The SMILES string of the molecule is NCCc1ccc(S(=O)(=O)Nc2c(F)cccc2Br)cc1. The van der Waals surface area contributed by atoms with E-state index in [9.17, 15) is 12.8 Å². The predicted molar refractivity (Wildman–Crippen MR) is 84.1 cm³/mol. The lowest BCUT2D eigenvalue weighted by Crippen LogP contribution is -2.14. The molecule has 3 N–H and O–H groups in total. The Kier molecular flexibility index (Phi) is 4.97. The van der Waals surface area contributed by atoms with Gasteiger partial charge in [0.1, 0.15) is 5.82 Å². The van der Waals surface area contributed by atoms with Crippen molar-refractivity contribution in [3.8, 4) is 0 Å². The summed E-state index contributed by atoms with van der Waals surface area (Å²) in [6, 6.07) is 10.6. The minimum absolute atomic E-state index is 0.0680. The molecule has 2 aromatic rings. The summed E-state index contributed by atoms with van der Waals surface area (Å²) in [6.07, 6.45) is 0.673. The van der Waals surface area contributed by atoms with E-state index in [1.54, 1.807) is 18.2 Å². The van der Waals surface area contributed by atoms with Crippen molar-refractivity contribution < 1.29 is 12.8 Å². The summed E-state index contributed by atoms with van der Waals surface area (Å²) in [5, 5.41) is 0. The van der Waals surface area contributed by atoms with Crippen molar-refractivity contribution in [2.75, 3.05) is 11.3 Å². The van der Waals surface area contributed by atoms with Gasteiger partial charge in [-0.1, -0.05) is 18.2 Å². The van der Waals surface area contributed by atoms with Gasteiger partial charge in [0.25, 0.3) is 10.0 Å². The number of para-hydroxylation sites is 1. The second-order valence-corrected chi connectivity index (χ2v) is 6.92. The summed E-state index contributed by atoms with van der Waals surface area (Å²) in [5.41, 5.74) is 6.28. The van der Waals surface area contributed by atoms with Crippen LogP contribution in [0.4, 0.5) is 10.1 Å². The van der Waals surface area contributed by atoms with E-state index in [-0.39, 0.29) is 10.6 Å². The Labute approximate surface area is 131 Å². The number of nitrogens with two attached hydrogens (primary N) is 1. The molecule has 0 aromatic heterocycles. The molecule has 7 heteroatoms. The van der Waals surface area contributed by atoms with Crippen molar-refractivity contribution in [2.24, 2.45) is 5.73 Å². The first-order valence-corrected chi connectivity index (χ1v) is 8.47. The number of rotatable bonds is 5. The van der Waals surface area contributed by atoms with Gasteiger partial charge in [0, 0.05) is 4.47 Å². The fraction of sp³-hybridized carbons (Fsp3) is 0.143. The monoisotopic (exact) mass is 372 g/mol. The zero-order valence-electron chi connectivity index (χ0n) is 11.0. The number of anilines is 1. The molecule has 0 saturated heterocycles. The van der Waals surface area contributed by atoms with E-state index in [0.717, 1.165) is 5.56 Å². The molecule has 112 valence electrons. The Hall–Kier alpha value is -1.44. The Bertz CT molecular complexity index is 713. The molecule has 0 unspecified atom stereocenters. The molecule has 0 aliphatic carbocycles. The van der Waals surface area contributed by atoms with Gasteiger partial charge in [0.2, 0.25) is 0 Å². The van der Waals surface area contributed by atoms with Crippen LogP contribution in [0.1, 0.15) is 5.56 Å². The van der Waals surface area contributed by atoms with E-state index in [1.807, 2.05) is 0 Å². The summed E-state index contributed by atoms with van der Waals surface area (Å²) in [5.74, 6) is -0.646. The first-order valence-electron chi connectivity index (χ1n) is 6.20. The van der Waals surface area contributed by atoms with Crippen LogP contribution in [0.25, 0.3) is 0 Å². The highest BCUT2D eigenvalue weighted by atomic mass is 79.9. The standard InChI is InChI=1S/C14H14BrFN2O2S/c15-12-2-1-3-13(16)14(12)18-21(19,20)11-6-4-10(5-7-11)8-9-17/h1-7,18H,8-9,17H2. The van der Waals surface area contributed by atoms with Crippen LogP contribution in [0.2, 0.25) is 0 Å². The Morgan fingerprint density at radius 3 is 2.38 bits per heavy atom. The van der Waals surface area contributed by atoms with Crippen molar-refractivity contribution in [2.45, 2.75) is 11.3 Å². The average molecular weight is 373 g/mol. The highest BCUT2D eigenvalue weighted by Crippen LogP contribution is 2.27. The van der Waals surface area contributed by atoms with Gasteiger partial charge in [-0.05, 0) is 58.7 Å². The lowest BCUT2D eigenvalue weighted by atomic mass is 10.2. The van der Waals surface area contributed by atoms with Crippen LogP contribution in [0.3, 0.4) is 0 Å². The van der Waals surface area contributed by atoms with Crippen LogP contribution in [0, 0.1) is 5.82 Å². The maximum Gasteiger partial charge on any atom is 0.262 e. The van der Waals surface area contributed by atoms with Gasteiger partial charge in [0.05, 0.1) is 10.6 Å². The lowest BCUT2D eigenvalue weighted by molar-refractivity contribution is 0.598. The molecule has 0 spiro atoms. The molecule has 0 aliphatic heterocycles. The molecule has 0 saturated carbocycles. The zero-order chi connectivity index (χ0) is 15.5. The minimum atomic E-state index is -3.84. The predicted octanol–water partition coefficient (Wildman–Crippen LogP) is 2.89. The molecule has 0 amide bonds. The summed E-state index contributed by atoms with van der Waals surface area (Å²) in [6.45, 7) is 0.493. The topological polar surface area (TPSA) is 72.2 Å². The fourth-order valence-corrected chi connectivity index (χ4v) is 3.45. The van der Waals surface area contributed by atoms with E-state index < -0.39 is 15.8 Å². The number of nitrogens with one attached hydrogen (secondary N) is 1. The summed E-state index contributed by atoms with van der Waals surface area (Å²) < 4.78 is 40.8. The summed E-state index contributed by atoms with van der Waals surface area (Å²) >= 11 is 3.12. The number of hydrogen-bond donors (Lipinski definition) is 2. The smallest absolute Gasteiger partial charge is 0.262 e. The van der Waals surface area contributed by atoms with Crippen LogP contribution in [0.15, 0.2) is 51.8 Å². The maximum absolute atomic E-state index is 13.7. The number of sulfonamides is 1. The van der Waals surface area contributed by atoms with Crippen LogP contribution in [-0.4, -0.2) is 15.0 Å². The Morgan fingerprint density at radius 1 is 1.14 bits per heavy atom. The van der Waals surface area contributed by atoms with Gasteiger partial charge in [-0.3, -0.25) is 4.72 Å². The molecule has 0 radical (unpaired) electrons. The van der Waals surface area contributed by atoms with Crippen molar-refractivity contribution in [3.05, 3.63) is 58.3 Å². The quantitative estimate of drug-likeness (QED) is 0.847. The molecular weight excluding hydrogens is 359 g/mol. The zero-order valence-corrected chi connectivity index (χ0v) is 13.4. The highest BCUT2D eigenvalue weighted by Gasteiger charge is 2.18. The van der Waals surface area contributed by atoms with E-state index >= 15 is 0 Å². The third-order valence-electron chi connectivity index (χ3n) is 2.87. The maximum atomic E-state index is 13.7. The van der Waals surface area contributed by atoms with Crippen molar-refractivity contribution in [1.82, 2.24) is 0 Å². The normalized spacial score (nSPS) is 11.4. The van der Waals surface area contributed by atoms with Gasteiger partial charge >= 0.3 is 0 Å². The first kappa shape index (κ1) is 15.9. The summed E-state index contributed by atoms with van der Waals surface area (Å²) in [7, 11) is -3.84. The average Bonchev–Trinajstić information content (AvgIpc) is 2.44. The van der Waals surface area contributed by atoms with Gasteiger partial charge < -0.3 is 5.73 Å². The van der Waals surface area contributed by atoms with Crippen LogP contribution < -0.4 is 10.5 Å². The Balaban J connectivity index is 2.30. The van der Waals surface area contributed by atoms with Gasteiger partial charge in [-0.2, -0.15) is 0 Å². The highest BCUT2D eigenvalue weighted by molar-refractivity contribution is 9.10. The van der Waals surface area contributed by atoms with E-state index in [1.165, 1.54) is 24.3 Å². The summed E-state index contributed by atoms with van der Waals surface area (Å²) in [4.78, 5) is 0.0680. The number of hydrogen-bond acceptors (Lipinski definition) is 3. The Morgan fingerprint density at radius 2 is 1.81 bits per heavy atom. The molecule has 21 heavy (non-hydrogen) atoms. The molecule has 0 aliphatic rings. The van der Waals surface area contributed by atoms with E-state index in [4.69, 9.17) is 5.73 Å². The van der Waals surface area contributed by atoms with E-state index in [2.05, 4.69) is 20.7 Å². The van der Waals surface area contributed by atoms with Crippen LogP contribution in [-0.2, 0) is 16.4 Å². The second-order valence-electron chi connectivity index (χ2n) is 4.38. The molecular formula is C14H14BrFN2O2S. The van der Waals surface area contributed by atoms with Gasteiger partial charge in [-0.25, -0.2) is 12.8 Å². The fourth-order valence-electron chi connectivity index (χ4n) is 1.79. The van der Waals surface area contributed by atoms with Crippen molar-refractivity contribution in [3.63, 3.8) is 0 Å². The van der Waals surface area contributed by atoms with E-state index in [0.29, 0.717) is 17.4 Å². The van der Waals surface area contributed by atoms with Gasteiger partial charge in [-0.15, -0.1) is 0 Å².